The molecule has 0 unspecified atom stereocenters. The number of fused-ring (bicyclic) bond motifs is 1. The van der Waals surface area contributed by atoms with Crippen LogP contribution in [0.25, 0.3) is 0 Å². The third-order valence-electron chi connectivity index (χ3n) is 2.80. The van der Waals surface area contributed by atoms with E-state index in [2.05, 4.69) is 16.0 Å². The van der Waals surface area contributed by atoms with Gasteiger partial charge < -0.3 is 26.4 Å². The SMILES string of the molecule is CCCNC(=O)CNc1cc2c(cc1N)OCC(=O)N2. The summed E-state index contributed by atoms with van der Waals surface area (Å²) in [5.41, 5.74) is 7.47. The minimum absolute atomic E-state index is 0.0152. The molecule has 0 spiro atoms. The van der Waals surface area contributed by atoms with Crippen molar-refractivity contribution in [1.82, 2.24) is 5.32 Å². The second-order valence-corrected chi connectivity index (χ2v) is 4.48. The van der Waals surface area contributed by atoms with Crippen LogP contribution < -0.4 is 26.4 Å². The van der Waals surface area contributed by atoms with E-state index in [9.17, 15) is 9.59 Å². The number of hydrogen-bond acceptors (Lipinski definition) is 5. The molecular weight excluding hydrogens is 260 g/mol. The molecule has 0 fully saturated rings. The van der Waals surface area contributed by atoms with Crippen LogP contribution in [0.3, 0.4) is 0 Å². The van der Waals surface area contributed by atoms with Crippen molar-refractivity contribution in [1.29, 1.82) is 0 Å². The van der Waals surface area contributed by atoms with Gasteiger partial charge in [-0.2, -0.15) is 0 Å². The van der Waals surface area contributed by atoms with E-state index in [1.807, 2.05) is 6.92 Å². The maximum Gasteiger partial charge on any atom is 0.262 e. The van der Waals surface area contributed by atoms with Crippen molar-refractivity contribution in [3.8, 4) is 5.75 Å². The zero-order chi connectivity index (χ0) is 14.5. The monoisotopic (exact) mass is 278 g/mol. The predicted molar refractivity (Wildman–Crippen MR) is 76.8 cm³/mol. The molecule has 0 aromatic heterocycles. The Labute approximate surface area is 116 Å². The molecule has 2 amide bonds. The second kappa shape index (κ2) is 6.14. The lowest BCUT2D eigenvalue weighted by molar-refractivity contribution is -0.119. The van der Waals surface area contributed by atoms with Gasteiger partial charge in [-0.1, -0.05) is 6.92 Å². The van der Waals surface area contributed by atoms with Gasteiger partial charge in [0.25, 0.3) is 5.91 Å². The van der Waals surface area contributed by atoms with Crippen LogP contribution in [0.2, 0.25) is 0 Å². The fourth-order valence-electron chi connectivity index (χ4n) is 1.80. The third-order valence-corrected chi connectivity index (χ3v) is 2.80. The molecule has 7 heteroatoms. The summed E-state index contributed by atoms with van der Waals surface area (Å²) in [5, 5.41) is 8.39. The topological polar surface area (TPSA) is 105 Å². The Hall–Kier alpha value is -2.44. The first-order valence-electron chi connectivity index (χ1n) is 6.47. The van der Waals surface area contributed by atoms with Crippen LogP contribution in [0.5, 0.6) is 5.75 Å². The van der Waals surface area contributed by atoms with Gasteiger partial charge in [0.05, 0.1) is 23.6 Å². The van der Waals surface area contributed by atoms with Crippen molar-refractivity contribution in [3.63, 3.8) is 0 Å². The van der Waals surface area contributed by atoms with Gasteiger partial charge in [-0.05, 0) is 12.5 Å². The molecule has 0 saturated carbocycles. The quantitative estimate of drug-likeness (QED) is 0.588. The van der Waals surface area contributed by atoms with Gasteiger partial charge in [0.15, 0.2) is 6.61 Å². The van der Waals surface area contributed by atoms with Gasteiger partial charge in [0, 0.05) is 12.6 Å². The highest BCUT2D eigenvalue weighted by Gasteiger charge is 2.18. The fourth-order valence-corrected chi connectivity index (χ4v) is 1.80. The highest BCUT2D eigenvalue weighted by Crippen LogP contribution is 2.34. The van der Waals surface area contributed by atoms with Gasteiger partial charge >= 0.3 is 0 Å². The van der Waals surface area contributed by atoms with E-state index in [1.54, 1.807) is 12.1 Å². The predicted octanol–water partition coefficient (Wildman–Crippen LogP) is 0.538. The van der Waals surface area contributed by atoms with Crippen LogP contribution in [0, 0.1) is 0 Å². The molecule has 0 radical (unpaired) electrons. The maximum atomic E-state index is 11.5. The fraction of sp³-hybridized carbons (Fsp3) is 0.385. The summed E-state index contributed by atoms with van der Waals surface area (Å²) in [5.74, 6) is 0.209. The van der Waals surface area contributed by atoms with Crippen LogP contribution in [-0.2, 0) is 9.59 Å². The normalized spacial score (nSPS) is 12.9. The molecule has 7 nitrogen and oxygen atoms in total. The standard InChI is InChI=1S/C13H18N4O3/c1-2-3-15-12(18)6-16-9-5-10-11(4-8(9)14)20-7-13(19)17-10/h4-5,16H,2-3,6-7,14H2,1H3,(H,15,18)(H,17,19). The summed E-state index contributed by atoms with van der Waals surface area (Å²) in [7, 11) is 0. The van der Waals surface area contributed by atoms with Crippen LogP contribution in [0.4, 0.5) is 17.1 Å². The molecule has 0 saturated heterocycles. The van der Waals surface area contributed by atoms with Crippen molar-refractivity contribution < 1.29 is 14.3 Å². The van der Waals surface area contributed by atoms with Crippen LogP contribution >= 0.6 is 0 Å². The number of hydrogen-bond donors (Lipinski definition) is 4. The van der Waals surface area contributed by atoms with E-state index in [1.165, 1.54) is 0 Å². The van der Waals surface area contributed by atoms with Gasteiger partial charge in [-0.25, -0.2) is 0 Å². The van der Waals surface area contributed by atoms with Gasteiger partial charge in [-0.3, -0.25) is 9.59 Å². The lowest BCUT2D eigenvalue weighted by Gasteiger charge is -2.20. The Bertz CT molecular complexity index is 531. The third kappa shape index (κ3) is 3.31. The molecule has 1 aliphatic rings. The highest BCUT2D eigenvalue weighted by atomic mass is 16.5. The first-order valence-corrected chi connectivity index (χ1v) is 6.47. The van der Waals surface area contributed by atoms with E-state index in [-0.39, 0.29) is 25.0 Å². The first kappa shape index (κ1) is 14.0. The van der Waals surface area contributed by atoms with E-state index in [0.29, 0.717) is 29.4 Å². The average molecular weight is 278 g/mol. The molecule has 5 N–H and O–H groups in total. The zero-order valence-corrected chi connectivity index (χ0v) is 11.3. The smallest absolute Gasteiger partial charge is 0.262 e. The summed E-state index contributed by atoms with van der Waals surface area (Å²) in [4.78, 5) is 22.8. The van der Waals surface area contributed by atoms with Crippen molar-refractivity contribution in [3.05, 3.63) is 12.1 Å². The Morgan fingerprint density at radius 1 is 1.50 bits per heavy atom. The summed E-state index contributed by atoms with van der Waals surface area (Å²) in [6.45, 7) is 2.73. The lowest BCUT2D eigenvalue weighted by Crippen LogP contribution is -2.30. The Morgan fingerprint density at radius 3 is 3.05 bits per heavy atom. The lowest BCUT2D eigenvalue weighted by atomic mass is 10.2. The summed E-state index contributed by atoms with van der Waals surface area (Å²) in [6, 6.07) is 3.29. The van der Waals surface area contributed by atoms with Crippen molar-refractivity contribution in [2.24, 2.45) is 0 Å². The maximum absolute atomic E-state index is 11.5. The summed E-state index contributed by atoms with van der Waals surface area (Å²) >= 11 is 0. The number of carbonyl (C=O) groups excluding carboxylic acids is 2. The van der Waals surface area contributed by atoms with Gasteiger partial charge in [0.2, 0.25) is 5.91 Å². The van der Waals surface area contributed by atoms with Gasteiger partial charge in [0.1, 0.15) is 5.75 Å². The molecule has 2 rings (SSSR count). The summed E-state index contributed by atoms with van der Waals surface area (Å²) < 4.78 is 5.25. The minimum atomic E-state index is -0.214. The molecule has 0 bridgehead atoms. The molecule has 20 heavy (non-hydrogen) atoms. The van der Waals surface area contributed by atoms with Crippen molar-refractivity contribution >= 4 is 28.9 Å². The zero-order valence-electron chi connectivity index (χ0n) is 11.3. The molecule has 1 aromatic rings. The molecule has 1 aromatic carbocycles. The number of nitrogens with two attached hydrogens (primary N) is 1. The molecule has 1 aliphatic heterocycles. The minimum Gasteiger partial charge on any atom is -0.482 e. The molecule has 0 aliphatic carbocycles. The number of anilines is 3. The number of ether oxygens (including phenoxy) is 1. The first-order chi connectivity index (χ1) is 9.60. The Balaban J connectivity index is 2.03. The van der Waals surface area contributed by atoms with Crippen molar-refractivity contribution in [2.45, 2.75) is 13.3 Å². The van der Waals surface area contributed by atoms with Crippen LogP contribution in [0.15, 0.2) is 12.1 Å². The highest BCUT2D eigenvalue weighted by molar-refractivity contribution is 5.97. The number of rotatable bonds is 5. The average Bonchev–Trinajstić information content (AvgIpc) is 2.43. The molecule has 0 atom stereocenters. The summed E-state index contributed by atoms with van der Waals surface area (Å²) in [6.07, 6.45) is 0.885. The Morgan fingerprint density at radius 2 is 2.30 bits per heavy atom. The van der Waals surface area contributed by atoms with Crippen LogP contribution in [-0.4, -0.2) is 31.5 Å². The van der Waals surface area contributed by atoms with E-state index in [0.717, 1.165) is 6.42 Å². The Kier molecular flexibility index (Phi) is 4.29. The second-order valence-electron chi connectivity index (χ2n) is 4.48. The number of amides is 2. The molecule has 108 valence electrons. The van der Waals surface area contributed by atoms with Crippen LogP contribution in [0.1, 0.15) is 13.3 Å². The van der Waals surface area contributed by atoms with Gasteiger partial charge in [-0.15, -0.1) is 0 Å². The number of nitrogens with one attached hydrogen (secondary N) is 3. The number of carbonyl (C=O) groups is 2. The molecule has 1 heterocycles. The van der Waals surface area contributed by atoms with E-state index < -0.39 is 0 Å². The van der Waals surface area contributed by atoms with E-state index >= 15 is 0 Å². The number of benzene rings is 1. The molecular formula is C13H18N4O3. The van der Waals surface area contributed by atoms with E-state index in [4.69, 9.17) is 10.5 Å². The van der Waals surface area contributed by atoms with Crippen molar-refractivity contribution in [2.75, 3.05) is 36.1 Å². The largest absolute Gasteiger partial charge is 0.482 e. The number of nitrogen functional groups attached to an aromatic ring is 1.